The molecule has 0 radical (unpaired) electrons. The summed E-state index contributed by atoms with van der Waals surface area (Å²) in [5.41, 5.74) is 16.5. The molecular formula is C6H4N6O2. The first-order valence-electron chi connectivity index (χ1n) is 3.46. The Morgan fingerprint density at radius 1 is 1.50 bits per heavy atom. The van der Waals surface area contributed by atoms with Crippen LogP contribution in [0.4, 0.5) is 0 Å². The summed E-state index contributed by atoms with van der Waals surface area (Å²) >= 11 is 0. The number of carbonyl (C=O) groups excluding carboxylic acids is 1. The van der Waals surface area contributed by atoms with E-state index in [0.29, 0.717) is 5.56 Å². The maximum atomic E-state index is 11.0. The second-order valence-corrected chi connectivity index (χ2v) is 2.16. The van der Waals surface area contributed by atoms with Gasteiger partial charge in [-0.2, -0.15) is 0 Å². The zero-order valence-electron chi connectivity index (χ0n) is 6.86. The van der Waals surface area contributed by atoms with Crippen molar-refractivity contribution in [3.05, 3.63) is 44.5 Å². The van der Waals surface area contributed by atoms with Gasteiger partial charge in [0.05, 0.1) is 12.8 Å². The summed E-state index contributed by atoms with van der Waals surface area (Å²) in [5, 5.41) is 6.10. The third-order valence-electron chi connectivity index (χ3n) is 1.38. The summed E-state index contributed by atoms with van der Waals surface area (Å²) in [4.78, 5) is 15.9. The predicted octanol–water partition coefficient (Wildman–Crippen LogP) is 2.54. The molecule has 0 aliphatic heterocycles. The quantitative estimate of drug-likeness (QED) is 0.414. The molecule has 0 fully saturated rings. The highest BCUT2D eigenvalue weighted by Crippen LogP contribution is 2.13. The maximum Gasteiger partial charge on any atom is 0.284 e. The Labute approximate surface area is 77.4 Å². The van der Waals surface area contributed by atoms with Crippen LogP contribution in [0.2, 0.25) is 0 Å². The largest absolute Gasteiger partial charge is 0.461 e. The van der Waals surface area contributed by atoms with Gasteiger partial charge >= 0.3 is 0 Å². The van der Waals surface area contributed by atoms with E-state index in [1.165, 1.54) is 12.3 Å². The molecule has 1 rings (SSSR count). The van der Waals surface area contributed by atoms with Crippen LogP contribution in [0.25, 0.3) is 20.9 Å². The van der Waals surface area contributed by atoms with Crippen molar-refractivity contribution in [2.45, 2.75) is 6.54 Å². The van der Waals surface area contributed by atoms with Crippen LogP contribution in [0.1, 0.15) is 16.1 Å². The van der Waals surface area contributed by atoms with Gasteiger partial charge in [0, 0.05) is 15.4 Å². The monoisotopic (exact) mass is 192 g/mol. The smallest absolute Gasteiger partial charge is 0.284 e. The topological polar surface area (TPSA) is 128 Å². The molecule has 0 saturated carbocycles. The van der Waals surface area contributed by atoms with Crippen molar-refractivity contribution in [2.24, 2.45) is 10.2 Å². The first-order valence-corrected chi connectivity index (χ1v) is 3.46. The minimum atomic E-state index is -0.833. The van der Waals surface area contributed by atoms with Crippen LogP contribution >= 0.6 is 0 Å². The summed E-state index contributed by atoms with van der Waals surface area (Å²) < 4.78 is 4.78. The number of nitrogens with zero attached hydrogens (tertiary/aromatic N) is 6. The van der Waals surface area contributed by atoms with Crippen molar-refractivity contribution in [3.63, 3.8) is 0 Å². The number of azide groups is 2. The molecule has 0 saturated heterocycles. The van der Waals surface area contributed by atoms with Crippen LogP contribution in [0.15, 0.2) is 27.0 Å². The lowest BCUT2D eigenvalue weighted by Crippen LogP contribution is -1.95. The third kappa shape index (κ3) is 2.04. The Balaban J connectivity index is 2.97. The predicted molar refractivity (Wildman–Crippen MR) is 45.0 cm³/mol. The Kier molecular flexibility index (Phi) is 3.15. The van der Waals surface area contributed by atoms with Gasteiger partial charge in [0.15, 0.2) is 5.76 Å². The van der Waals surface area contributed by atoms with Crippen molar-refractivity contribution >= 4 is 5.91 Å². The molecule has 14 heavy (non-hydrogen) atoms. The molecular weight excluding hydrogens is 188 g/mol. The van der Waals surface area contributed by atoms with E-state index in [2.05, 4.69) is 20.1 Å². The summed E-state index contributed by atoms with van der Waals surface area (Å²) in [6.07, 6.45) is 1.25. The fourth-order valence-corrected chi connectivity index (χ4v) is 0.842. The van der Waals surface area contributed by atoms with Crippen LogP contribution in [0.3, 0.4) is 0 Å². The average molecular weight is 192 g/mol. The molecule has 0 N–H and O–H groups in total. The molecule has 70 valence electrons. The number of carbonyl (C=O) groups is 1. The molecule has 0 bridgehead atoms. The Morgan fingerprint density at radius 2 is 2.29 bits per heavy atom. The molecule has 0 unspecified atom stereocenters. The van der Waals surface area contributed by atoms with E-state index in [9.17, 15) is 4.79 Å². The molecule has 0 aliphatic carbocycles. The maximum absolute atomic E-state index is 11.0. The first-order chi connectivity index (χ1) is 6.79. The van der Waals surface area contributed by atoms with Crippen molar-refractivity contribution in [1.29, 1.82) is 0 Å². The van der Waals surface area contributed by atoms with E-state index >= 15 is 0 Å². The van der Waals surface area contributed by atoms with E-state index in [1.807, 2.05) is 0 Å². The van der Waals surface area contributed by atoms with E-state index in [4.69, 9.17) is 15.5 Å². The molecule has 1 aromatic heterocycles. The van der Waals surface area contributed by atoms with E-state index in [-0.39, 0.29) is 12.3 Å². The van der Waals surface area contributed by atoms with Crippen LogP contribution in [-0.2, 0) is 6.54 Å². The molecule has 0 atom stereocenters. The highest BCUT2D eigenvalue weighted by Gasteiger charge is 2.12. The SMILES string of the molecule is [N-]=[N+]=NCc1ccoc1C(=O)N=[N+]=[N-]. The van der Waals surface area contributed by atoms with Crippen LogP contribution in [0, 0.1) is 0 Å². The minimum absolute atomic E-state index is 0.0188. The molecule has 1 aromatic rings. The van der Waals surface area contributed by atoms with Crippen LogP contribution in [-0.4, -0.2) is 5.91 Å². The normalized spacial score (nSPS) is 8.57. The Bertz CT molecular complexity index is 437. The molecule has 8 heteroatoms. The lowest BCUT2D eigenvalue weighted by Gasteiger charge is -1.91. The van der Waals surface area contributed by atoms with Gasteiger partial charge in [0.1, 0.15) is 0 Å². The second-order valence-electron chi connectivity index (χ2n) is 2.16. The first kappa shape index (κ1) is 9.66. The van der Waals surface area contributed by atoms with E-state index in [0.717, 1.165) is 0 Å². The molecule has 0 aromatic carbocycles. The Hall–Kier alpha value is -2.43. The minimum Gasteiger partial charge on any atom is -0.461 e. The molecule has 0 aliphatic rings. The van der Waals surface area contributed by atoms with Crippen molar-refractivity contribution < 1.29 is 9.21 Å². The highest BCUT2D eigenvalue weighted by atomic mass is 16.3. The number of hydrogen-bond donors (Lipinski definition) is 0. The van der Waals surface area contributed by atoms with Crippen LogP contribution < -0.4 is 0 Å². The van der Waals surface area contributed by atoms with Gasteiger partial charge < -0.3 is 4.42 Å². The highest BCUT2D eigenvalue weighted by molar-refractivity contribution is 5.93. The number of amides is 1. The molecule has 1 amide bonds. The molecule has 0 spiro atoms. The second kappa shape index (κ2) is 4.56. The lowest BCUT2D eigenvalue weighted by molar-refractivity contribution is 0.0973. The van der Waals surface area contributed by atoms with Gasteiger partial charge in [-0.15, -0.1) is 0 Å². The lowest BCUT2D eigenvalue weighted by atomic mass is 10.2. The Morgan fingerprint density at radius 3 is 2.93 bits per heavy atom. The fraction of sp³-hybridized carbons (Fsp3) is 0.167. The standard InChI is InChI=1S/C6H4N6O2/c7-11-9-3-4-1-2-14-5(4)6(13)10-12-8/h1-2H,3H2. The molecule has 1 heterocycles. The van der Waals surface area contributed by atoms with Gasteiger partial charge in [-0.05, 0) is 22.2 Å². The summed E-state index contributed by atoms with van der Waals surface area (Å²) in [6.45, 7) is -0.0188. The third-order valence-corrected chi connectivity index (χ3v) is 1.38. The van der Waals surface area contributed by atoms with Gasteiger partial charge in [0.2, 0.25) is 0 Å². The average Bonchev–Trinajstić information content (AvgIpc) is 2.63. The van der Waals surface area contributed by atoms with Crippen molar-refractivity contribution in [1.82, 2.24) is 0 Å². The summed E-state index contributed by atoms with van der Waals surface area (Å²) in [6, 6.07) is 1.47. The van der Waals surface area contributed by atoms with Gasteiger partial charge in [-0.25, -0.2) is 0 Å². The number of rotatable bonds is 3. The summed E-state index contributed by atoms with van der Waals surface area (Å²) in [7, 11) is 0. The van der Waals surface area contributed by atoms with E-state index < -0.39 is 5.91 Å². The van der Waals surface area contributed by atoms with Crippen molar-refractivity contribution in [3.8, 4) is 0 Å². The number of furan rings is 1. The van der Waals surface area contributed by atoms with Crippen LogP contribution in [0.5, 0.6) is 0 Å². The van der Waals surface area contributed by atoms with Gasteiger partial charge in [0.25, 0.3) is 5.91 Å². The zero-order chi connectivity index (χ0) is 10.4. The summed E-state index contributed by atoms with van der Waals surface area (Å²) in [5.74, 6) is -0.934. The van der Waals surface area contributed by atoms with Crippen molar-refractivity contribution in [2.75, 3.05) is 0 Å². The fourth-order valence-electron chi connectivity index (χ4n) is 0.842. The molecule has 8 nitrogen and oxygen atoms in total. The zero-order valence-corrected chi connectivity index (χ0v) is 6.86. The van der Waals surface area contributed by atoms with Gasteiger partial charge in [-0.3, -0.25) is 4.79 Å². The number of hydrogen-bond acceptors (Lipinski definition) is 3. The van der Waals surface area contributed by atoms with Gasteiger partial charge in [-0.1, -0.05) is 5.11 Å². The van der Waals surface area contributed by atoms with E-state index in [1.54, 1.807) is 0 Å².